The molecule has 2 aromatic rings. The molecule has 2 heterocycles. The van der Waals surface area contributed by atoms with Gasteiger partial charge in [0.15, 0.2) is 0 Å². The minimum atomic E-state index is -0.472. The summed E-state index contributed by atoms with van der Waals surface area (Å²) in [7, 11) is 0. The lowest BCUT2D eigenvalue weighted by atomic mass is 10.2. The van der Waals surface area contributed by atoms with Gasteiger partial charge in [-0.2, -0.15) is 0 Å². The molecule has 0 fully saturated rings. The van der Waals surface area contributed by atoms with E-state index in [0.29, 0.717) is 13.1 Å². The predicted octanol–water partition coefficient (Wildman–Crippen LogP) is 1.30. The van der Waals surface area contributed by atoms with Crippen molar-refractivity contribution in [1.29, 1.82) is 0 Å². The topological polar surface area (TPSA) is 92.9 Å². The first-order chi connectivity index (χ1) is 10.1. The smallest absolute Gasteiger partial charge is 0.330 e. The summed E-state index contributed by atoms with van der Waals surface area (Å²) in [5.74, 6) is 0.190. The van der Waals surface area contributed by atoms with Crippen molar-refractivity contribution < 1.29 is 0 Å². The van der Waals surface area contributed by atoms with Crippen LogP contribution in [-0.2, 0) is 25.9 Å². The molecule has 2 aromatic heterocycles. The lowest BCUT2D eigenvalue weighted by Gasteiger charge is -2.11. The van der Waals surface area contributed by atoms with Gasteiger partial charge in [-0.05, 0) is 37.8 Å². The number of thiophene rings is 1. The SMILES string of the molecule is CCn1c(N)c(NCc2cc3c(s2)CCC3)c(=O)[nH]c1=O. The Balaban J connectivity index is 1.84. The van der Waals surface area contributed by atoms with Gasteiger partial charge >= 0.3 is 5.69 Å². The van der Waals surface area contributed by atoms with Gasteiger partial charge in [0.1, 0.15) is 11.5 Å². The van der Waals surface area contributed by atoms with Crippen molar-refractivity contribution in [3.05, 3.63) is 42.2 Å². The lowest BCUT2D eigenvalue weighted by Crippen LogP contribution is -2.33. The monoisotopic (exact) mass is 306 g/mol. The van der Waals surface area contributed by atoms with Crippen LogP contribution >= 0.6 is 11.3 Å². The van der Waals surface area contributed by atoms with Crippen LogP contribution in [0.5, 0.6) is 0 Å². The van der Waals surface area contributed by atoms with Crippen molar-refractivity contribution in [2.45, 2.75) is 39.3 Å². The molecule has 0 saturated carbocycles. The molecule has 21 heavy (non-hydrogen) atoms. The number of hydrogen-bond acceptors (Lipinski definition) is 5. The van der Waals surface area contributed by atoms with Crippen LogP contribution in [0.2, 0.25) is 0 Å². The molecule has 0 spiro atoms. The van der Waals surface area contributed by atoms with Crippen molar-refractivity contribution in [1.82, 2.24) is 9.55 Å². The van der Waals surface area contributed by atoms with Crippen LogP contribution in [0.1, 0.15) is 28.7 Å². The number of aromatic nitrogens is 2. The summed E-state index contributed by atoms with van der Waals surface area (Å²) in [5.41, 5.74) is 6.67. The van der Waals surface area contributed by atoms with Gasteiger partial charge in [0, 0.05) is 22.8 Å². The van der Waals surface area contributed by atoms with Gasteiger partial charge in [0.05, 0.1) is 0 Å². The van der Waals surface area contributed by atoms with E-state index in [2.05, 4.69) is 16.4 Å². The first-order valence-corrected chi connectivity index (χ1v) is 7.88. The second-order valence-electron chi connectivity index (χ2n) is 5.13. The number of nitrogens with zero attached hydrogens (tertiary/aromatic N) is 1. The number of H-pyrrole nitrogens is 1. The highest BCUT2D eigenvalue weighted by atomic mass is 32.1. The van der Waals surface area contributed by atoms with Crippen molar-refractivity contribution in [3.8, 4) is 0 Å². The maximum absolute atomic E-state index is 11.9. The maximum atomic E-state index is 11.9. The Bertz CT molecular complexity index is 766. The number of anilines is 2. The molecule has 0 unspecified atom stereocenters. The maximum Gasteiger partial charge on any atom is 0.330 e. The van der Waals surface area contributed by atoms with Gasteiger partial charge in [0.2, 0.25) is 0 Å². The molecule has 0 aromatic carbocycles. The van der Waals surface area contributed by atoms with Gasteiger partial charge < -0.3 is 11.1 Å². The average Bonchev–Trinajstić information content (AvgIpc) is 2.99. The first-order valence-electron chi connectivity index (χ1n) is 7.07. The highest BCUT2D eigenvalue weighted by molar-refractivity contribution is 7.12. The third kappa shape index (κ3) is 2.49. The highest BCUT2D eigenvalue weighted by Crippen LogP contribution is 2.30. The number of aryl methyl sites for hydroxylation is 2. The fourth-order valence-electron chi connectivity index (χ4n) is 2.73. The van der Waals surface area contributed by atoms with E-state index in [1.807, 2.05) is 6.92 Å². The summed E-state index contributed by atoms with van der Waals surface area (Å²) in [6.07, 6.45) is 3.54. The van der Waals surface area contributed by atoms with Crippen LogP contribution in [0.15, 0.2) is 15.7 Å². The summed E-state index contributed by atoms with van der Waals surface area (Å²) in [4.78, 5) is 28.4. The van der Waals surface area contributed by atoms with Gasteiger partial charge in [-0.15, -0.1) is 11.3 Å². The van der Waals surface area contributed by atoms with E-state index in [4.69, 9.17) is 5.73 Å². The summed E-state index contributed by atoms with van der Waals surface area (Å²) in [5, 5.41) is 3.07. The van der Waals surface area contributed by atoms with Crippen molar-refractivity contribution in [2.24, 2.45) is 0 Å². The molecule has 112 valence electrons. The Kier molecular flexibility index (Phi) is 3.59. The van der Waals surface area contributed by atoms with Crippen LogP contribution in [0.3, 0.4) is 0 Å². The van der Waals surface area contributed by atoms with E-state index in [1.54, 1.807) is 11.3 Å². The zero-order valence-electron chi connectivity index (χ0n) is 11.9. The summed E-state index contributed by atoms with van der Waals surface area (Å²) >= 11 is 1.78. The second-order valence-corrected chi connectivity index (χ2v) is 6.35. The van der Waals surface area contributed by atoms with Crippen molar-refractivity contribution in [3.63, 3.8) is 0 Å². The normalized spacial score (nSPS) is 13.4. The number of hydrogen-bond donors (Lipinski definition) is 3. The zero-order valence-corrected chi connectivity index (χ0v) is 12.7. The molecular formula is C14H18N4O2S. The average molecular weight is 306 g/mol. The van der Waals surface area contributed by atoms with Gasteiger partial charge in [-0.1, -0.05) is 0 Å². The van der Waals surface area contributed by atoms with Gasteiger partial charge in [-0.25, -0.2) is 4.79 Å². The van der Waals surface area contributed by atoms with E-state index in [0.717, 1.165) is 12.8 Å². The minimum absolute atomic E-state index is 0.190. The molecule has 1 aliphatic rings. The van der Waals surface area contributed by atoms with Gasteiger partial charge in [-0.3, -0.25) is 14.3 Å². The largest absolute Gasteiger partial charge is 0.383 e. The molecule has 7 heteroatoms. The standard InChI is InChI=1S/C14H18N4O2S/c1-2-18-12(15)11(13(19)17-14(18)20)16-7-9-6-8-4-3-5-10(8)21-9/h6,16H,2-5,7,15H2,1H3,(H,17,19,20). The molecule has 4 N–H and O–H groups in total. The van der Waals surface area contributed by atoms with E-state index >= 15 is 0 Å². The molecule has 0 atom stereocenters. The minimum Gasteiger partial charge on any atom is -0.383 e. The summed E-state index contributed by atoms with van der Waals surface area (Å²) in [6, 6.07) is 2.19. The fourth-order valence-corrected chi connectivity index (χ4v) is 3.93. The molecule has 0 bridgehead atoms. The van der Waals surface area contributed by atoms with Crippen LogP contribution in [0.4, 0.5) is 11.5 Å². The van der Waals surface area contributed by atoms with Crippen LogP contribution in [0.25, 0.3) is 0 Å². The van der Waals surface area contributed by atoms with Gasteiger partial charge in [0.25, 0.3) is 5.56 Å². The number of aromatic amines is 1. The van der Waals surface area contributed by atoms with Crippen molar-refractivity contribution in [2.75, 3.05) is 11.1 Å². The number of fused-ring (bicyclic) bond motifs is 1. The van der Waals surface area contributed by atoms with Crippen molar-refractivity contribution >= 4 is 22.8 Å². The van der Waals surface area contributed by atoms with Crippen LogP contribution in [0, 0.1) is 0 Å². The van der Waals surface area contributed by atoms with E-state index in [-0.39, 0.29) is 11.5 Å². The molecule has 1 aliphatic carbocycles. The Labute approximate surface area is 125 Å². The summed E-state index contributed by atoms with van der Waals surface area (Å²) in [6.45, 7) is 2.78. The Hall–Kier alpha value is -2.02. The lowest BCUT2D eigenvalue weighted by molar-refractivity contribution is 0.706. The molecule has 3 rings (SSSR count). The molecule has 0 amide bonds. The Morgan fingerprint density at radius 1 is 1.43 bits per heavy atom. The second kappa shape index (κ2) is 5.40. The molecule has 0 radical (unpaired) electrons. The number of rotatable bonds is 4. The zero-order chi connectivity index (χ0) is 15.0. The number of nitrogen functional groups attached to an aromatic ring is 1. The van der Waals surface area contributed by atoms with Crippen LogP contribution in [-0.4, -0.2) is 9.55 Å². The molecule has 6 nitrogen and oxygen atoms in total. The summed E-state index contributed by atoms with van der Waals surface area (Å²) < 4.78 is 1.35. The number of nitrogens with two attached hydrogens (primary N) is 1. The van der Waals surface area contributed by atoms with Crippen LogP contribution < -0.4 is 22.3 Å². The van der Waals surface area contributed by atoms with E-state index in [9.17, 15) is 9.59 Å². The number of nitrogens with one attached hydrogen (secondary N) is 2. The third-order valence-electron chi connectivity index (χ3n) is 3.79. The van der Waals surface area contributed by atoms with E-state index in [1.165, 1.54) is 26.3 Å². The molecular weight excluding hydrogens is 288 g/mol. The quantitative estimate of drug-likeness (QED) is 0.794. The third-order valence-corrected chi connectivity index (χ3v) is 5.03. The molecule has 0 saturated heterocycles. The van der Waals surface area contributed by atoms with E-state index < -0.39 is 11.2 Å². The predicted molar refractivity (Wildman–Crippen MR) is 85.1 cm³/mol. The molecule has 0 aliphatic heterocycles. The Morgan fingerprint density at radius 2 is 2.24 bits per heavy atom. The highest BCUT2D eigenvalue weighted by Gasteiger charge is 2.16. The fraction of sp³-hybridized carbons (Fsp3) is 0.429. The Morgan fingerprint density at radius 3 is 2.95 bits per heavy atom. The first kappa shape index (κ1) is 13.9.